The molecular weight excluding hydrogens is 332 g/mol. The van der Waals surface area contributed by atoms with Crippen LogP contribution in [0.3, 0.4) is 0 Å². The Kier molecular flexibility index (Phi) is 3.92. The Morgan fingerprint density at radius 3 is 2.50 bits per heavy atom. The van der Waals surface area contributed by atoms with E-state index in [1.165, 1.54) is 9.21 Å². The third-order valence-electron chi connectivity index (χ3n) is 5.02. The van der Waals surface area contributed by atoms with Gasteiger partial charge in [0.1, 0.15) is 5.41 Å². The molecule has 0 bridgehead atoms. The summed E-state index contributed by atoms with van der Waals surface area (Å²) in [5.74, 6) is -1.64. The Bertz CT molecular complexity index is 806. The second-order valence-electron chi connectivity index (χ2n) is 6.77. The average Bonchev–Trinajstić information content (AvgIpc) is 3.01. The summed E-state index contributed by atoms with van der Waals surface area (Å²) < 4.78 is 24.7. The largest absolute Gasteiger partial charge is 0.481 e. The average molecular weight is 352 g/mol. The molecule has 130 valence electrons. The molecular formula is C16H20N2O5S. The summed E-state index contributed by atoms with van der Waals surface area (Å²) >= 11 is 0. The number of carboxylic acid groups (broad SMARTS) is 1. The molecule has 1 N–H and O–H groups in total. The smallest absolute Gasteiger partial charge is 0.313 e. The van der Waals surface area contributed by atoms with Crippen molar-refractivity contribution in [2.45, 2.75) is 6.92 Å². The molecule has 1 aromatic carbocycles. The Morgan fingerprint density at radius 2 is 1.96 bits per heavy atom. The predicted molar refractivity (Wildman–Crippen MR) is 87.1 cm³/mol. The molecule has 3 rings (SSSR count). The number of carboxylic acids is 1. The van der Waals surface area contributed by atoms with E-state index in [1.807, 2.05) is 13.0 Å². The highest BCUT2D eigenvalue weighted by Gasteiger charge is 2.60. The number of amides is 1. The number of carbonyl (C=O) groups excluding carboxylic acids is 1. The lowest BCUT2D eigenvalue weighted by molar-refractivity contribution is -0.148. The second-order valence-corrected chi connectivity index (χ2v) is 8.75. The van der Waals surface area contributed by atoms with E-state index in [1.54, 1.807) is 18.2 Å². The van der Waals surface area contributed by atoms with Crippen molar-refractivity contribution < 1.29 is 23.1 Å². The van der Waals surface area contributed by atoms with Gasteiger partial charge in [0, 0.05) is 37.7 Å². The number of benzene rings is 1. The number of likely N-dealkylation sites (tertiary alicyclic amines) is 1. The SMILES string of the molecule is Cc1cccc(C(=O)N2CC3CN(S(C)(=O)=O)C[C@]3(C(=O)O)C2)c1. The molecule has 1 unspecified atom stereocenters. The first-order valence-electron chi connectivity index (χ1n) is 7.68. The number of nitrogens with zero attached hydrogens (tertiary/aromatic N) is 2. The first-order chi connectivity index (χ1) is 11.1. The fourth-order valence-corrected chi connectivity index (χ4v) is 4.61. The van der Waals surface area contributed by atoms with Crippen LogP contribution >= 0.6 is 0 Å². The van der Waals surface area contributed by atoms with Crippen LogP contribution in [0.4, 0.5) is 0 Å². The maximum atomic E-state index is 12.7. The molecule has 1 amide bonds. The van der Waals surface area contributed by atoms with Crippen LogP contribution in [0.2, 0.25) is 0 Å². The van der Waals surface area contributed by atoms with E-state index in [0.717, 1.165) is 11.8 Å². The minimum atomic E-state index is -3.45. The molecule has 1 aromatic rings. The highest BCUT2D eigenvalue weighted by Crippen LogP contribution is 2.44. The third kappa shape index (κ3) is 2.69. The van der Waals surface area contributed by atoms with Gasteiger partial charge in [-0.25, -0.2) is 12.7 Å². The highest BCUT2D eigenvalue weighted by atomic mass is 32.2. The van der Waals surface area contributed by atoms with E-state index < -0.39 is 27.3 Å². The minimum absolute atomic E-state index is 0.0335. The van der Waals surface area contributed by atoms with Crippen LogP contribution in [0.5, 0.6) is 0 Å². The molecule has 0 saturated carbocycles. The summed E-state index contributed by atoms with van der Waals surface area (Å²) in [6.07, 6.45) is 1.08. The standard InChI is InChI=1S/C16H20N2O5S/c1-11-4-3-5-12(6-11)14(19)17-7-13-8-18(24(2,22)23)10-16(13,9-17)15(20)21/h3-6,13H,7-10H2,1-2H3,(H,20,21)/t13?,16-/m1/s1. The van der Waals surface area contributed by atoms with Gasteiger partial charge in [0.05, 0.1) is 6.26 Å². The van der Waals surface area contributed by atoms with Gasteiger partial charge < -0.3 is 10.0 Å². The molecule has 8 heteroatoms. The Morgan fingerprint density at radius 1 is 1.25 bits per heavy atom. The second kappa shape index (κ2) is 5.56. The van der Waals surface area contributed by atoms with Crippen molar-refractivity contribution >= 4 is 21.9 Å². The fraction of sp³-hybridized carbons (Fsp3) is 0.500. The lowest BCUT2D eigenvalue weighted by Gasteiger charge is -2.24. The number of sulfonamides is 1. The maximum absolute atomic E-state index is 12.7. The van der Waals surface area contributed by atoms with Gasteiger partial charge in [0.25, 0.3) is 5.91 Å². The van der Waals surface area contributed by atoms with Crippen LogP contribution in [0, 0.1) is 18.3 Å². The molecule has 2 aliphatic heterocycles. The van der Waals surface area contributed by atoms with Gasteiger partial charge in [-0.2, -0.15) is 0 Å². The third-order valence-corrected chi connectivity index (χ3v) is 6.24. The molecule has 0 radical (unpaired) electrons. The predicted octanol–water partition coefficient (Wildman–Crippen LogP) is 0.413. The number of carbonyl (C=O) groups is 2. The molecule has 2 heterocycles. The molecule has 7 nitrogen and oxygen atoms in total. The lowest BCUT2D eigenvalue weighted by atomic mass is 9.81. The summed E-state index contributed by atoms with van der Waals surface area (Å²) in [5, 5.41) is 9.71. The quantitative estimate of drug-likeness (QED) is 0.850. The van der Waals surface area contributed by atoms with E-state index in [2.05, 4.69) is 0 Å². The molecule has 0 spiro atoms. The number of fused-ring (bicyclic) bond motifs is 1. The first-order valence-corrected chi connectivity index (χ1v) is 9.53. The number of aryl methyl sites for hydroxylation is 1. The lowest BCUT2D eigenvalue weighted by Crippen LogP contribution is -2.42. The number of rotatable bonds is 3. The molecule has 0 aromatic heterocycles. The zero-order chi connectivity index (χ0) is 17.7. The van der Waals surface area contributed by atoms with Gasteiger partial charge in [-0.15, -0.1) is 0 Å². The van der Waals surface area contributed by atoms with Crippen LogP contribution in [-0.2, 0) is 14.8 Å². The van der Waals surface area contributed by atoms with E-state index in [4.69, 9.17) is 0 Å². The number of aliphatic carboxylic acids is 1. The summed E-state index contributed by atoms with van der Waals surface area (Å²) in [7, 11) is -3.45. The summed E-state index contributed by atoms with van der Waals surface area (Å²) in [6, 6.07) is 7.16. The zero-order valence-corrected chi connectivity index (χ0v) is 14.4. The number of hydrogen-bond donors (Lipinski definition) is 1. The van der Waals surface area contributed by atoms with Crippen molar-refractivity contribution in [2.75, 3.05) is 32.4 Å². The summed E-state index contributed by atoms with van der Waals surface area (Å²) in [4.78, 5) is 26.1. The van der Waals surface area contributed by atoms with Gasteiger partial charge in [-0.05, 0) is 19.1 Å². The van der Waals surface area contributed by atoms with Gasteiger partial charge >= 0.3 is 5.97 Å². The minimum Gasteiger partial charge on any atom is -0.481 e. The van der Waals surface area contributed by atoms with Crippen LogP contribution in [0.25, 0.3) is 0 Å². The molecule has 2 saturated heterocycles. The van der Waals surface area contributed by atoms with Crippen LogP contribution in [0.15, 0.2) is 24.3 Å². The van der Waals surface area contributed by atoms with Gasteiger partial charge in [0.15, 0.2) is 0 Å². The monoisotopic (exact) mass is 352 g/mol. The fourth-order valence-electron chi connectivity index (χ4n) is 3.69. The molecule has 2 aliphatic rings. The van der Waals surface area contributed by atoms with Gasteiger partial charge in [-0.1, -0.05) is 17.7 Å². The Balaban J connectivity index is 1.86. The summed E-state index contributed by atoms with van der Waals surface area (Å²) in [6.45, 7) is 2.24. The molecule has 2 fully saturated rings. The Hall–Kier alpha value is -1.93. The van der Waals surface area contributed by atoms with Crippen molar-refractivity contribution in [1.29, 1.82) is 0 Å². The zero-order valence-electron chi connectivity index (χ0n) is 13.6. The van der Waals surface area contributed by atoms with Crippen LogP contribution in [-0.4, -0.2) is 67.0 Å². The van der Waals surface area contributed by atoms with Crippen molar-refractivity contribution in [1.82, 2.24) is 9.21 Å². The maximum Gasteiger partial charge on any atom is 0.313 e. The van der Waals surface area contributed by atoms with E-state index in [-0.39, 0.29) is 32.1 Å². The molecule has 2 atom stereocenters. The number of hydrogen-bond acceptors (Lipinski definition) is 4. The van der Waals surface area contributed by atoms with Crippen molar-refractivity contribution in [3.63, 3.8) is 0 Å². The van der Waals surface area contributed by atoms with Crippen molar-refractivity contribution in [3.05, 3.63) is 35.4 Å². The molecule has 0 aliphatic carbocycles. The van der Waals surface area contributed by atoms with Crippen molar-refractivity contribution in [2.24, 2.45) is 11.3 Å². The van der Waals surface area contributed by atoms with Gasteiger partial charge in [-0.3, -0.25) is 9.59 Å². The van der Waals surface area contributed by atoms with E-state index in [0.29, 0.717) is 5.56 Å². The van der Waals surface area contributed by atoms with Crippen LogP contribution in [0.1, 0.15) is 15.9 Å². The summed E-state index contributed by atoms with van der Waals surface area (Å²) in [5.41, 5.74) is 0.259. The normalized spacial score (nSPS) is 27.2. The molecule has 24 heavy (non-hydrogen) atoms. The van der Waals surface area contributed by atoms with Crippen LogP contribution < -0.4 is 0 Å². The topological polar surface area (TPSA) is 95.0 Å². The van der Waals surface area contributed by atoms with Gasteiger partial charge in [0.2, 0.25) is 10.0 Å². The Labute approximate surface area is 140 Å². The van der Waals surface area contributed by atoms with E-state index in [9.17, 15) is 23.1 Å². The highest BCUT2D eigenvalue weighted by molar-refractivity contribution is 7.88. The first kappa shape index (κ1) is 16.9. The van der Waals surface area contributed by atoms with Crippen molar-refractivity contribution in [3.8, 4) is 0 Å². The van der Waals surface area contributed by atoms with E-state index >= 15 is 0 Å².